The number of carboxylic acid groups (broad SMARTS) is 2. The lowest BCUT2D eigenvalue weighted by atomic mass is 10.4. The number of piperazine rings is 1. The Labute approximate surface area is 71.0 Å². The van der Waals surface area contributed by atoms with Crippen LogP contribution >= 0.6 is 0 Å². The number of rotatable bonds is 1. The summed E-state index contributed by atoms with van der Waals surface area (Å²) < 4.78 is 0. The zero-order chi connectivity index (χ0) is 9.40. The number of carbonyl (C=O) groups is 1. The van der Waals surface area contributed by atoms with Gasteiger partial charge in [-0.2, -0.15) is 0 Å². The third-order valence-corrected chi connectivity index (χ3v) is 1.47. The van der Waals surface area contributed by atoms with Gasteiger partial charge in [0.25, 0.3) is 0 Å². The molecule has 0 unspecified atom stereocenters. The molecule has 72 valence electrons. The highest BCUT2D eigenvalue weighted by molar-refractivity contribution is 5.53. The quantitative estimate of drug-likeness (QED) is 0.411. The van der Waals surface area contributed by atoms with Gasteiger partial charge in [0, 0.05) is 32.8 Å². The van der Waals surface area contributed by atoms with E-state index in [1.54, 1.807) is 0 Å². The van der Waals surface area contributed by atoms with E-state index < -0.39 is 6.16 Å². The average molecular weight is 177 g/mol. The smallest absolute Gasteiger partial charge is 0.450 e. The minimum Gasteiger partial charge on any atom is -0.450 e. The maximum absolute atomic E-state index is 8.56. The van der Waals surface area contributed by atoms with Gasteiger partial charge in [-0.15, -0.1) is 0 Å². The van der Waals surface area contributed by atoms with Crippen LogP contribution in [0.25, 0.3) is 0 Å². The highest BCUT2D eigenvalue weighted by atomic mass is 16.6. The fourth-order valence-corrected chi connectivity index (χ4v) is 0.894. The summed E-state index contributed by atoms with van der Waals surface area (Å²) in [6, 6.07) is 0. The molecule has 0 aromatic carbocycles. The Morgan fingerprint density at radius 1 is 1.42 bits per heavy atom. The van der Waals surface area contributed by atoms with Crippen LogP contribution in [0.2, 0.25) is 0 Å². The predicted octanol–water partition coefficient (Wildman–Crippen LogP) is -0.970. The molecule has 0 bridgehead atoms. The lowest BCUT2D eigenvalue weighted by Gasteiger charge is -2.24. The summed E-state index contributed by atoms with van der Waals surface area (Å²) in [5, 5.41) is 17.2. The fourth-order valence-electron chi connectivity index (χ4n) is 0.894. The SMILES string of the molecule is NCN1CCNCC1.O=C(O)O. The van der Waals surface area contributed by atoms with Crippen molar-refractivity contribution < 1.29 is 15.0 Å². The molecule has 5 N–H and O–H groups in total. The minimum absolute atomic E-state index is 0.710. The molecule has 0 saturated carbocycles. The number of hydrogen-bond acceptors (Lipinski definition) is 4. The number of hydrogen-bond donors (Lipinski definition) is 4. The van der Waals surface area contributed by atoms with Gasteiger partial charge in [0.05, 0.1) is 0 Å². The molecule has 1 heterocycles. The van der Waals surface area contributed by atoms with E-state index in [0.717, 1.165) is 26.2 Å². The van der Waals surface area contributed by atoms with Gasteiger partial charge in [0.2, 0.25) is 0 Å². The summed E-state index contributed by atoms with van der Waals surface area (Å²) in [7, 11) is 0. The first-order chi connectivity index (χ1) is 5.66. The van der Waals surface area contributed by atoms with E-state index in [0.29, 0.717) is 6.67 Å². The van der Waals surface area contributed by atoms with Gasteiger partial charge in [-0.25, -0.2) is 4.79 Å². The van der Waals surface area contributed by atoms with Gasteiger partial charge in [-0.05, 0) is 0 Å². The first kappa shape index (κ1) is 11.2. The summed E-state index contributed by atoms with van der Waals surface area (Å²) in [4.78, 5) is 10.8. The molecule has 0 aliphatic carbocycles. The van der Waals surface area contributed by atoms with Crippen LogP contribution < -0.4 is 11.1 Å². The van der Waals surface area contributed by atoms with Crippen molar-refractivity contribution in [3.63, 3.8) is 0 Å². The number of nitrogens with zero attached hydrogens (tertiary/aromatic N) is 1. The van der Waals surface area contributed by atoms with Crippen LogP contribution in [0.3, 0.4) is 0 Å². The molecular formula is C6H15N3O3. The third-order valence-electron chi connectivity index (χ3n) is 1.47. The highest BCUT2D eigenvalue weighted by Crippen LogP contribution is 1.85. The molecule has 1 fully saturated rings. The molecule has 1 aliphatic rings. The fraction of sp³-hybridized carbons (Fsp3) is 0.833. The van der Waals surface area contributed by atoms with Crippen LogP contribution in [0, 0.1) is 0 Å². The summed E-state index contributed by atoms with van der Waals surface area (Å²) in [6.45, 7) is 5.11. The summed E-state index contributed by atoms with van der Waals surface area (Å²) >= 11 is 0. The zero-order valence-corrected chi connectivity index (χ0v) is 6.86. The van der Waals surface area contributed by atoms with E-state index in [9.17, 15) is 0 Å². The van der Waals surface area contributed by atoms with E-state index >= 15 is 0 Å². The van der Waals surface area contributed by atoms with Crippen molar-refractivity contribution in [3.8, 4) is 0 Å². The Morgan fingerprint density at radius 2 is 1.83 bits per heavy atom. The molecule has 0 aromatic heterocycles. The molecule has 6 nitrogen and oxygen atoms in total. The second-order valence-corrected chi connectivity index (χ2v) is 2.33. The Hall–Kier alpha value is -0.850. The zero-order valence-electron chi connectivity index (χ0n) is 6.86. The molecule has 6 heteroatoms. The maximum atomic E-state index is 8.56. The molecule has 0 spiro atoms. The molecule has 1 saturated heterocycles. The van der Waals surface area contributed by atoms with Gasteiger partial charge in [-0.1, -0.05) is 0 Å². The normalized spacial score (nSPS) is 17.8. The van der Waals surface area contributed by atoms with Gasteiger partial charge in [-0.3, -0.25) is 4.90 Å². The lowest BCUT2D eigenvalue weighted by Crippen LogP contribution is -2.45. The topological polar surface area (TPSA) is 98.8 Å². The largest absolute Gasteiger partial charge is 0.503 e. The van der Waals surface area contributed by atoms with Crippen molar-refractivity contribution in [1.82, 2.24) is 10.2 Å². The highest BCUT2D eigenvalue weighted by Gasteiger charge is 2.04. The summed E-state index contributed by atoms with van der Waals surface area (Å²) in [5.41, 5.74) is 5.40. The molecule has 0 aromatic rings. The monoisotopic (exact) mass is 177 g/mol. The summed E-state index contributed by atoms with van der Waals surface area (Å²) in [6.07, 6.45) is -1.83. The molecule has 1 rings (SSSR count). The van der Waals surface area contributed by atoms with Crippen LogP contribution in [0.5, 0.6) is 0 Å². The molecule has 0 atom stereocenters. The van der Waals surface area contributed by atoms with Gasteiger partial charge >= 0.3 is 6.16 Å². The van der Waals surface area contributed by atoms with Crippen LogP contribution in [-0.4, -0.2) is 54.1 Å². The Balaban J connectivity index is 0.000000261. The van der Waals surface area contributed by atoms with Crippen molar-refractivity contribution in [2.45, 2.75) is 0 Å². The second kappa shape index (κ2) is 6.84. The molecule has 12 heavy (non-hydrogen) atoms. The second-order valence-electron chi connectivity index (χ2n) is 2.33. The van der Waals surface area contributed by atoms with Gasteiger partial charge in [0.1, 0.15) is 0 Å². The first-order valence-corrected chi connectivity index (χ1v) is 3.72. The Kier molecular flexibility index (Phi) is 6.35. The summed E-state index contributed by atoms with van der Waals surface area (Å²) in [5.74, 6) is 0. The standard InChI is InChI=1S/C5H13N3.CH2O3/c6-5-8-3-1-7-2-4-8;2-1(3)4/h7H,1-6H2;(H2,2,3,4). The Bertz CT molecular complexity index is 121. The van der Waals surface area contributed by atoms with E-state index in [1.165, 1.54) is 0 Å². The molecule has 0 amide bonds. The van der Waals surface area contributed by atoms with Crippen molar-refractivity contribution >= 4 is 6.16 Å². The van der Waals surface area contributed by atoms with Crippen LogP contribution in [0.15, 0.2) is 0 Å². The van der Waals surface area contributed by atoms with E-state index in [2.05, 4.69) is 10.2 Å². The van der Waals surface area contributed by atoms with Crippen LogP contribution in [-0.2, 0) is 0 Å². The number of nitrogens with two attached hydrogens (primary N) is 1. The van der Waals surface area contributed by atoms with Crippen molar-refractivity contribution in [3.05, 3.63) is 0 Å². The maximum Gasteiger partial charge on any atom is 0.503 e. The van der Waals surface area contributed by atoms with E-state index in [-0.39, 0.29) is 0 Å². The van der Waals surface area contributed by atoms with Crippen molar-refractivity contribution in [2.24, 2.45) is 5.73 Å². The predicted molar refractivity (Wildman–Crippen MR) is 44.2 cm³/mol. The van der Waals surface area contributed by atoms with Gasteiger partial charge in [0.15, 0.2) is 0 Å². The van der Waals surface area contributed by atoms with Crippen LogP contribution in [0.4, 0.5) is 4.79 Å². The van der Waals surface area contributed by atoms with Crippen molar-refractivity contribution in [2.75, 3.05) is 32.8 Å². The van der Waals surface area contributed by atoms with Gasteiger partial charge < -0.3 is 21.3 Å². The molecule has 0 radical (unpaired) electrons. The number of nitrogens with one attached hydrogen (secondary N) is 1. The molecule has 1 aliphatic heterocycles. The Morgan fingerprint density at radius 3 is 2.08 bits per heavy atom. The average Bonchev–Trinajstić information content (AvgIpc) is 2.05. The lowest BCUT2D eigenvalue weighted by molar-refractivity contribution is 0.137. The first-order valence-electron chi connectivity index (χ1n) is 3.72. The molecular weight excluding hydrogens is 162 g/mol. The van der Waals surface area contributed by atoms with E-state index in [4.69, 9.17) is 20.7 Å². The minimum atomic E-state index is -1.83. The van der Waals surface area contributed by atoms with Crippen molar-refractivity contribution in [1.29, 1.82) is 0 Å². The van der Waals surface area contributed by atoms with E-state index in [1.807, 2.05) is 0 Å². The third kappa shape index (κ3) is 7.26. The van der Waals surface area contributed by atoms with Crippen LogP contribution in [0.1, 0.15) is 0 Å².